The first-order valence-corrected chi connectivity index (χ1v) is 10.7. The maximum atomic E-state index is 2.73. The van der Waals surface area contributed by atoms with Crippen LogP contribution in [0.3, 0.4) is 0 Å². The number of para-hydroxylation sites is 1. The van der Waals surface area contributed by atoms with Crippen molar-refractivity contribution in [3.05, 3.63) is 36.5 Å². The molecule has 1 aromatic carbocycles. The molecule has 0 aliphatic heterocycles. The van der Waals surface area contributed by atoms with Crippen molar-refractivity contribution < 1.29 is 0 Å². The van der Waals surface area contributed by atoms with Crippen LogP contribution >= 0.6 is 8.07 Å². The molecule has 2 saturated carbocycles. The fourth-order valence-corrected chi connectivity index (χ4v) is 8.35. The number of rotatable bonds is 3. The Kier molecular flexibility index (Phi) is 4.53. The van der Waals surface area contributed by atoms with Gasteiger partial charge in [-0.05, 0) is 54.5 Å². The molecular weight excluding hydrogens is 285 g/mol. The maximum Gasteiger partial charge on any atom is 0.0514 e. The molecule has 1 heterocycles. The Morgan fingerprint density at radius 3 is 1.95 bits per heavy atom. The van der Waals surface area contributed by atoms with Crippen LogP contribution in [0.15, 0.2) is 36.5 Å². The van der Waals surface area contributed by atoms with Gasteiger partial charge >= 0.3 is 0 Å². The molecule has 2 heteroatoms. The van der Waals surface area contributed by atoms with Gasteiger partial charge in [-0.3, -0.25) is 0 Å². The first-order valence-electron chi connectivity index (χ1n) is 9.28. The minimum absolute atomic E-state index is 0.0382. The quantitative estimate of drug-likeness (QED) is 0.566. The summed E-state index contributed by atoms with van der Waals surface area (Å²) in [5.74, 6) is 0. The molecule has 0 atom stereocenters. The van der Waals surface area contributed by atoms with Gasteiger partial charge in [-0.15, -0.1) is 0 Å². The number of hydrogen-bond acceptors (Lipinski definition) is 0. The lowest BCUT2D eigenvalue weighted by atomic mass is 10.00. The lowest BCUT2D eigenvalue weighted by Gasteiger charge is -2.39. The van der Waals surface area contributed by atoms with E-state index >= 15 is 0 Å². The van der Waals surface area contributed by atoms with E-state index in [9.17, 15) is 0 Å². The third-order valence-corrected chi connectivity index (χ3v) is 9.10. The second-order valence-corrected chi connectivity index (χ2v) is 9.83. The molecule has 2 fully saturated rings. The van der Waals surface area contributed by atoms with Crippen molar-refractivity contribution in [2.75, 3.05) is 0 Å². The van der Waals surface area contributed by atoms with E-state index in [1.54, 1.807) is 0 Å². The smallest absolute Gasteiger partial charge is 0.0514 e. The van der Waals surface area contributed by atoms with Crippen molar-refractivity contribution in [3.8, 4) is 0 Å². The predicted molar refractivity (Wildman–Crippen MR) is 98.0 cm³/mol. The molecule has 2 aromatic rings. The van der Waals surface area contributed by atoms with Gasteiger partial charge in [0.15, 0.2) is 0 Å². The van der Waals surface area contributed by atoms with Crippen LogP contribution in [0.1, 0.15) is 64.2 Å². The summed E-state index contributed by atoms with van der Waals surface area (Å²) in [6.45, 7) is 0. The Bertz CT molecular complexity index is 587. The molecular formula is C20H28NP. The molecule has 0 N–H and O–H groups in total. The van der Waals surface area contributed by atoms with Gasteiger partial charge in [-0.25, -0.2) is 0 Å². The number of fused-ring (bicyclic) bond motifs is 1. The van der Waals surface area contributed by atoms with Crippen LogP contribution in [0.4, 0.5) is 0 Å². The highest BCUT2D eigenvalue weighted by Crippen LogP contribution is 2.57. The van der Waals surface area contributed by atoms with Crippen LogP contribution < -0.4 is 0 Å². The molecule has 4 rings (SSSR count). The summed E-state index contributed by atoms with van der Waals surface area (Å²) >= 11 is 0. The standard InChI is InChI=1S/C20H28NP/c1-3-10-18(11-4-1)22(19-12-5-2-6-13-19)21-16-15-17-9-7-8-14-20(17)21/h7-9,14-16,18-19H,1-6,10-13H2. The Hall–Kier alpha value is -0.810. The highest BCUT2D eigenvalue weighted by Gasteiger charge is 2.33. The SMILES string of the molecule is c1ccc2c(c1)ccn2P(C1CCCCC1)C1CCCCC1. The molecule has 0 radical (unpaired) electrons. The van der Waals surface area contributed by atoms with E-state index in [0.29, 0.717) is 0 Å². The average Bonchev–Trinajstić information content (AvgIpc) is 3.01. The largest absolute Gasteiger partial charge is 0.325 e. The van der Waals surface area contributed by atoms with Crippen molar-refractivity contribution in [2.45, 2.75) is 75.5 Å². The fourth-order valence-electron chi connectivity index (χ4n) is 4.61. The summed E-state index contributed by atoms with van der Waals surface area (Å²) < 4.78 is 2.73. The molecule has 1 aromatic heterocycles. The lowest BCUT2D eigenvalue weighted by molar-refractivity contribution is 0.482. The first kappa shape index (κ1) is 14.8. The molecule has 0 amide bonds. The molecule has 118 valence electrons. The minimum Gasteiger partial charge on any atom is -0.325 e. The van der Waals surface area contributed by atoms with Gasteiger partial charge in [0.25, 0.3) is 0 Å². The fraction of sp³-hybridized carbons (Fsp3) is 0.600. The van der Waals surface area contributed by atoms with Crippen LogP contribution in [0, 0.1) is 0 Å². The Morgan fingerprint density at radius 2 is 1.32 bits per heavy atom. The van der Waals surface area contributed by atoms with Gasteiger partial charge < -0.3 is 4.34 Å². The number of hydrogen-bond donors (Lipinski definition) is 0. The number of aromatic nitrogens is 1. The molecule has 22 heavy (non-hydrogen) atoms. The Balaban J connectivity index is 1.71. The Labute approximate surface area is 135 Å². The minimum atomic E-state index is -0.0382. The first-order chi connectivity index (χ1) is 10.9. The van der Waals surface area contributed by atoms with Crippen LogP contribution in [0.2, 0.25) is 0 Å². The summed E-state index contributed by atoms with van der Waals surface area (Å²) in [5, 5.41) is 1.43. The Morgan fingerprint density at radius 1 is 0.727 bits per heavy atom. The van der Waals surface area contributed by atoms with Crippen molar-refractivity contribution >= 4 is 19.0 Å². The zero-order valence-electron chi connectivity index (χ0n) is 13.6. The summed E-state index contributed by atoms with van der Waals surface area (Å²) in [5.41, 5.74) is 3.44. The second-order valence-electron chi connectivity index (χ2n) is 7.18. The third-order valence-electron chi connectivity index (χ3n) is 5.73. The zero-order valence-corrected chi connectivity index (χ0v) is 14.5. The number of benzene rings is 1. The lowest BCUT2D eigenvalue weighted by Crippen LogP contribution is -2.23. The summed E-state index contributed by atoms with van der Waals surface area (Å²) in [6, 6.07) is 11.4. The van der Waals surface area contributed by atoms with Crippen molar-refractivity contribution in [1.82, 2.24) is 4.34 Å². The zero-order chi connectivity index (χ0) is 14.8. The van der Waals surface area contributed by atoms with Crippen LogP contribution in [0.5, 0.6) is 0 Å². The van der Waals surface area contributed by atoms with Gasteiger partial charge in [0.1, 0.15) is 0 Å². The summed E-state index contributed by atoms with van der Waals surface area (Å²) in [7, 11) is -0.0382. The predicted octanol–water partition coefficient (Wildman–Crippen LogP) is 6.55. The highest BCUT2D eigenvalue weighted by molar-refractivity contribution is 7.57. The van der Waals surface area contributed by atoms with E-state index in [1.807, 2.05) is 0 Å². The average molecular weight is 313 g/mol. The van der Waals surface area contributed by atoms with E-state index in [4.69, 9.17) is 0 Å². The molecule has 0 bridgehead atoms. The van der Waals surface area contributed by atoms with Crippen LogP contribution in [-0.2, 0) is 0 Å². The summed E-state index contributed by atoms with van der Waals surface area (Å²) in [6.07, 6.45) is 17.1. The van der Waals surface area contributed by atoms with Crippen molar-refractivity contribution in [1.29, 1.82) is 0 Å². The monoisotopic (exact) mass is 313 g/mol. The van der Waals surface area contributed by atoms with Gasteiger partial charge in [0.05, 0.1) is 5.52 Å². The topological polar surface area (TPSA) is 4.93 Å². The van der Waals surface area contributed by atoms with E-state index in [-0.39, 0.29) is 8.07 Å². The molecule has 0 saturated heterocycles. The second kappa shape index (κ2) is 6.75. The van der Waals surface area contributed by atoms with E-state index in [1.165, 1.54) is 75.1 Å². The molecule has 0 spiro atoms. The van der Waals surface area contributed by atoms with Gasteiger partial charge in [-0.1, -0.05) is 56.7 Å². The van der Waals surface area contributed by atoms with Crippen LogP contribution in [0.25, 0.3) is 10.9 Å². The molecule has 2 aliphatic carbocycles. The maximum absolute atomic E-state index is 2.73. The summed E-state index contributed by atoms with van der Waals surface area (Å²) in [4.78, 5) is 0. The third kappa shape index (κ3) is 2.85. The van der Waals surface area contributed by atoms with Gasteiger partial charge in [-0.2, -0.15) is 0 Å². The van der Waals surface area contributed by atoms with Gasteiger partial charge in [0.2, 0.25) is 0 Å². The van der Waals surface area contributed by atoms with Crippen molar-refractivity contribution in [3.63, 3.8) is 0 Å². The molecule has 1 nitrogen and oxygen atoms in total. The van der Waals surface area contributed by atoms with Crippen LogP contribution in [-0.4, -0.2) is 15.7 Å². The van der Waals surface area contributed by atoms with E-state index in [2.05, 4.69) is 40.9 Å². The molecule has 0 unspecified atom stereocenters. The van der Waals surface area contributed by atoms with E-state index < -0.39 is 0 Å². The highest BCUT2D eigenvalue weighted by atomic mass is 31.1. The van der Waals surface area contributed by atoms with Gasteiger partial charge in [0, 0.05) is 14.3 Å². The van der Waals surface area contributed by atoms with E-state index in [0.717, 1.165) is 11.3 Å². The van der Waals surface area contributed by atoms with Crippen molar-refractivity contribution in [2.24, 2.45) is 0 Å². The number of nitrogens with zero attached hydrogens (tertiary/aromatic N) is 1. The normalized spacial score (nSPS) is 21.7. The molecule has 2 aliphatic rings.